The van der Waals surface area contributed by atoms with Gasteiger partial charge in [-0.1, -0.05) is 5.92 Å². The van der Waals surface area contributed by atoms with E-state index in [4.69, 9.17) is 6.42 Å². The predicted octanol–water partition coefficient (Wildman–Crippen LogP) is 0.0743. The number of rotatable bonds is 2. The molecule has 0 aliphatic rings. The number of hydrogen-bond acceptors (Lipinski definition) is 2. The molecule has 0 saturated heterocycles. The van der Waals surface area contributed by atoms with Crippen LogP contribution >= 0.6 is 0 Å². The topological polar surface area (TPSA) is 15.3 Å². The van der Waals surface area contributed by atoms with Crippen molar-refractivity contribution < 1.29 is 0 Å². The van der Waals surface area contributed by atoms with Gasteiger partial charge in [-0.15, -0.1) is 6.42 Å². The van der Waals surface area contributed by atoms with Crippen LogP contribution in [0.3, 0.4) is 0 Å². The molecule has 0 aromatic rings. The maximum absolute atomic E-state index is 5.08. The fourth-order valence-electron chi connectivity index (χ4n) is 0.425. The number of nitrogens with one attached hydrogen (secondary N) is 1. The summed E-state index contributed by atoms with van der Waals surface area (Å²) in [5, 5.41) is 1.84. The van der Waals surface area contributed by atoms with Crippen molar-refractivity contribution in [3.8, 4) is 12.3 Å². The van der Waals surface area contributed by atoms with E-state index in [0.717, 1.165) is 0 Å². The zero-order chi connectivity index (χ0) is 6.57. The predicted molar refractivity (Wildman–Crippen MR) is 35.1 cm³/mol. The Kier molecular flexibility index (Phi) is 3.25. The van der Waals surface area contributed by atoms with Gasteiger partial charge in [0.1, 0.15) is 0 Å². The first kappa shape index (κ1) is 7.48. The van der Waals surface area contributed by atoms with E-state index in [2.05, 4.69) is 11.3 Å². The van der Waals surface area contributed by atoms with Crippen LogP contribution in [0, 0.1) is 12.3 Å². The van der Waals surface area contributed by atoms with Gasteiger partial charge in [-0.25, -0.2) is 10.4 Å². The number of nitrogens with zero attached hydrogens (tertiary/aromatic N) is 1. The number of terminal acetylenes is 1. The quantitative estimate of drug-likeness (QED) is 0.402. The van der Waals surface area contributed by atoms with Crippen molar-refractivity contribution in [1.29, 1.82) is 0 Å². The highest BCUT2D eigenvalue weighted by atomic mass is 15.5. The van der Waals surface area contributed by atoms with Crippen molar-refractivity contribution in [3.63, 3.8) is 0 Å². The molecule has 1 atom stereocenters. The third-order valence-corrected chi connectivity index (χ3v) is 0.702. The summed E-state index contributed by atoms with van der Waals surface area (Å²) in [6.07, 6.45) is 5.08. The van der Waals surface area contributed by atoms with E-state index in [1.54, 1.807) is 0 Å². The molecule has 0 rings (SSSR count). The summed E-state index contributed by atoms with van der Waals surface area (Å²) in [7, 11) is 3.82. The third kappa shape index (κ3) is 3.66. The molecule has 0 heterocycles. The van der Waals surface area contributed by atoms with Crippen molar-refractivity contribution in [1.82, 2.24) is 10.4 Å². The summed E-state index contributed by atoms with van der Waals surface area (Å²) < 4.78 is 0. The van der Waals surface area contributed by atoms with Gasteiger partial charge in [0.15, 0.2) is 0 Å². The summed E-state index contributed by atoms with van der Waals surface area (Å²) >= 11 is 0. The first-order valence-electron chi connectivity index (χ1n) is 2.56. The van der Waals surface area contributed by atoms with Gasteiger partial charge in [0, 0.05) is 14.1 Å². The van der Waals surface area contributed by atoms with Crippen LogP contribution in [0.1, 0.15) is 6.92 Å². The summed E-state index contributed by atoms with van der Waals surface area (Å²) in [5.74, 6) is 2.54. The SMILES string of the molecule is C#CC(C)NN(C)C. The largest absolute Gasteiger partial charge is 0.249 e. The molecular formula is C6H12N2. The molecule has 8 heavy (non-hydrogen) atoms. The average Bonchev–Trinajstić information content (AvgIpc) is 1.65. The minimum atomic E-state index is 0.130. The Bertz CT molecular complexity index is 91.2. The average molecular weight is 112 g/mol. The highest BCUT2D eigenvalue weighted by Gasteiger charge is 1.92. The van der Waals surface area contributed by atoms with E-state index in [0.29, 0.717) is 0 Å². The Morgan fingerprint density at radius 3 is 2.25 bits per heavy atom. The van der Waals surface area contributed by atoms with Gasteiger partial charge in [0.25, 0.3) is 0 Å². The van der Waals surface area contributed by atoms with E-state index >= 15 is 0 Å². The molecule has 46 valence electrons. The molecule has 1 unspecified atom stereocenters. The second-order valence-corrected chi connectivity index (χ2v) is 1.91. The first-order valence-corrected chi connectivity index (χ1v) is 2.56. The summed E-state index contributed by atoms with van der Waals surface area (Å²) in [6, 6.07) is 0.130. The molecule has 2 nitrogen and oxygen atoms in total. The van der Waals surface area contributed by atoms with Crippen molar-refractivity contribution in [2.45, 2.75) is 13.0 Å². The second-order valence-electron chi connectivity index (χ2n) is 1.91. The van der Waals surface area contributed by atoms with E-state index in [1.807, 2.05) is 26.0 Å². The Morgan fingerprint density at radius 2 is 2.12 bits per heavy atom. The van der Waals surface area contributed by atoms with E-state index in [-0.39, 0.29) is 6.04 Å². The molecule has 0 saturated carbocycles. The molecule has 0 aliphatic heterocycles. The molecular weight excluding hydrogens is 100 g/mol. The lowest BCUT2D eigenvalue weighted by Crippen LogP contribution is -2.36. The Hall–Kier alpha value is -0.520. The molecule has 0 bridgehead atoms. The van der Waals surface area contributed by atoms with Gasteiger partial charge in [-0.3, -0.25) is 0 Å². The molecule has 0 fully saturated rings. The van der Waals surface area contributed by atoms with Gasteiger partial charge in [-0.05, 0) is 6.92 Å². The van der Waals surface area contributed by atoms with Gasteiger partial charge < -0.3 is 0 Å². The van der Waals surface area contributed by atoms with Crippen LogP contribution in [0.5, 0.6) is 0 Å². The molecule has 0 amide bonds. The van der Waals surface area contributed by atoms with Crippen LogP contribution in [0.4, 0.5) is 0 Å². The van der Waals surface area contributed by atoms with Crippen LogP contribution in [0.15, 0.2) is 0 Å². The number of hydrazine groups is 1. The summed E-state index contributed by atoms with van der Waals surface area (Å²) in [5.41, 5.74) is 2.99. The zero-order valence-electron chi connectivity index (χ0n) is 5.60. The van der Waals surface area contributed by atoms with Gasteiger partial charge in [-0.2, -0.15) is 0 Å². The van der Waals surface area contributed by atoms with Gasteiger partial charge in [0.2, 0.25) is 0 Å². The minimum Gasteiger partial charge on any atom is -0.249 e. The van der Waals surface area contributed by atoms with Crippen molar-refractivity contribution >= 4 is 0 Å². The maximum Gasteiger partial charge on any atom is 0.0791 e. The molecule has 2 heteroatoms. The van der Waals surface area contributed by atoms with Gasteiger partial charge in [0.05, 0.1) is 6.04 Å². The van der Waals surface area contributed by atoms with Crippen molar-refractivity contribution in [3.05, 3.63) is 0 Å². The third-order valence-electron chi connectivity index (χ3n) is 0.702. The molecule has 0 spiro atoms. The van der Waals surface area contributed by atoms with E-state index in [1.165, 1.54) is 0 Å². The minimum absolute atomic E-state index is 0.130. The summed E-state index contributed by atoms with van der Waals surface area (Å²) in [4.78, 5) is 0. The zero-order valence-corrected chi connectivity index (χ0v) is 5.60. The highest BCUT2D eigenvalue weighted by molar-refractivity contribution is 4.94. The fraction of sp³-hybridized carbons (Fsp3) is 0.667. The maximum atomic E-state index is 5.08. The van der Waals surface area contributed by atoms with E-state index in [9.17, 15) is 0 Å². The molecule has 1 N–H and O–H groups in total. The lowest BCUT2D eigenvalue weighted by Gasteiger charge is -2.13. The monoisotopic (exact) mass is 112 g/mol. The van der Waals surface area contributed by atoms with Crippen LogP contribution in [-0.4, -0.2) is 25.1 Å². The molecule has 0 aromatic carbocycles. The Morgan fingerprint density at radius 1 is 1.62 bits per heavy atom. The first-order chi connectivity index (χ1) is 3.66. The highest BCUT2D eigenvalue weighted by Crippen LogP contribution is 1.75. The Balaban J connectivity index is 3.28. The molecule has 0 radical (unpaired) electrons. The van der Waals surface area contributed by atoms with Crippen molar-refractivity contribution in [2.24, 2.45) is 0 Å². The molecule has 0 aliphatic carbocycles. The van der Waals surface area contributed by atoms with Crippen LogP contribution in [-0.2, 0) is 0 Å². The lowest BCUT2D eigenvalue weighted by atomic mass is 10.4. The van der Waals surface area contributed by atoms with Crippen LogP contribution in [0.25, 0.3) is 0 Å². The molecule has 0 aromatic heterocycles. The van der Waals surface area contributed by atoms with Crippen LogP contribution < -0.4 is 5.43 Å². The standard InChI is InChI=1S/C6H12N2/c1-5-6(2)7-8(3)4/h1,6-7H,2-4H3. The van der Waals surface area contributed by atoms with Crippen LogP contribution in [0.2, 0.25) is 0 Å². The normalized spacial score (nSPS) is 13.4. The number of hydrogen-bond donors (Lipinski definition) is 1. The second kappa shape index (κ2) is 3.48. The smallest absolute Gasteiger partial charge is 0.0791 e. The Labute approximate surface area is 50.8 Å². The van der Waals surface area contributed by atoms with E-state index < -0.39 is 0 Å². The summed E-state index contributed by atoms with van der Waals surface area (Å²) in [6.45, 7) is 1.93. The van der Waals surface area contributed by atoms with Gasteiger partial charge >= 0.3 is 0 Å². The van der Waals surface area contributed by atoms with Crippen molar-refractivity contribution in [2.75, 3.05) is 14.1 Å². The fourth-order valence-corrected chi connectivity index (χ4v) is 0.425. The lowest BCUT2D eigenvalue weighted by molar-refractivity contribution is 0.275.